The Hall–Kier alpha value is -2.64. The number of ether oxygens (including phenoxy) is 1. The number of amides is 1. The number of anilines is 1. The van der Waals surface area contributed by atoms with E-state index in [0.717, 1.165) is 0 Å². The maximum atomic E-state index is 12.1. The summed E-state index contributed by atoms with van der Waals surface area (Å²) in [6, 6.07) is 8.33. The van der Waals surface area contributed by atoms with Crippen LogP contribution in [0.5, 0.6) is 0 Å². The molecule has 0 saturated heterocycles. The standard InChI is InChI=1S/C17H14Cl2N2O5/c1-9-5-11(3-4-15(9)21(24)25)17(23)26-10(2)16(22)20-14-7-12(18)6-13(19)8-14/h3-8,10H,1-2H3,(H,20,22)/t10-/m0/s1. The quantitative estimate of drug-likeness (QED) is 0.458. The lowest BCUT2D eigenvalue weighted by molar-refractivity contribution is -0.385. The molecule has 2 aromatic carbocycles. The van der Waals surface area contributed by atoms with E-state index in [-0.39, 0.29) is 11.3 Å². The molecule has 0 spiro atoms. The van der Waals surface area contributed by atoms with Crippen molar-refractivity contribution in [3.63, 3.8) is 0 Å². The average molecular weight is 397 g/mol. The van der Waals surface area contributed by atoms with Crippen molar-refractivity contribution in [2.75, 3.05) is 5.32 Å². The molecule has 0 unspecified atom stereocenters. The monoisotopic (exact) mass is 396 g/mol. The van der Waals surface area contributed by atoms with Gasteiger partial charge in [-0.3, -0.25) is 14.9 Å². The number of nitrogens with one attached hydrogen (secondary N) is 1. The first-order valence-electron chi connectivity index (χ1n) is 7.40. The summed E-state index contributed by atoms with van der Waals surface area (Å²) in [5, 5.41) is 14.0. The number of nitrogens with zero attached hydrogens (tertiary/aromatic N) is 1. The first kappa shape index (κ1) is 19.7. The summed E-state index contributed by atoms with van der Waals surface area (Å²) in [7, 11) is 0. The number of nitro benzene ring substituents is 1. The first-order chi connectivity index (χ1) is 12.2. The summed E-state index contributed by atoms with van der Waals surface area (Å²) in [5.74, 6) is -1.34. The average Bonchev–Trinajstić information content (AvgIpc) is 2.53. The Labute approximate surface area is 159 Å². The van der Waals surface area contributed by atoms with Crippen LogP contribution >= 0.6 is 23.2 Å². The highest BCUT2D eigenvalue weighted by atomic mass is 35.5. The molecule has 0 heterocycles. The van der Waals surface area contributed by atoms with Crippen LogP contribution in [0, 0.1) is 17.0 Å². The van der Waals surface area contributed by atoms with Gasteiger partial charge in [-0.1, -0.05) is 23.2 Å². The molecule has 0 aliphatic heterocycles. The van der Waals surface area contributed by atoms with Gasteiger partial charge in [0.05, 0.1) is 10.5 Å². The molecule has 26 heavy (non-hydrogen) atoms. The summed E-state index contributed by atoms with van der Waals surface area (Å²) in [6.07, 6.45) is -1.10. The number of halogens is 2. The second-order valence-electron chi connectivity index (χ2n) is 5.45. The molecule has 1 N–H and O–H groups in total. The van der Waals surface area contributed by atoms with E-state index in [1.54, 1.807) is 0 Å². The van der Waals surface area contributed by atoms with E-state index in [2.05, 4.69) is 5.32 Å². The molecule has 0 bridgehead atoms. The van der Waals surface area contributed by atoms with Crippen molar-refractivity contribution in [2.45, 2.75) is 20.0 Å². The predicted octanol–water partition coefficient (Wildman–Crippen LogP) is 4.39. The Kier molecular flexibility index (Phi) is 6.18. The fourth-order valence-electron chi connectivity index (χ4n) is 2.14. The molecule has 2 rings (SSSR count). The van der Waals surface area contributed by atoms with Gasteiger partial charge in [0.25, 0.3) is 11.6 Å². The Morgan fingerprint density at radius 2 is 1.77 bits per heavy atom. The van der Waals surface area contributed by atoms with Crippen LogP contribution in [0.2, 0.25) is 10.0 Å². The van der Waals surface area contributed by atoms with E-state index in [1.807, 2.05) is 0 Å². The lowest BCUT2D eigenvalue weighted by Gasteiger charge is -2.14. The number of hydrogen-bond donors (Lipinski definition) is 1. The van der Waals surface area contributed by atoms with Crippen LogP contribution in [0.1, 0.15) is 22.8 Å². The summed E-state index contributed by atoms with van der Waals surface area (Å²) in [4.78, 5) is 34.6. The number of nitro groups is 1. The van der Waals surface area contributed by atoms with Gasteiger partial charge in [0.2, 0.25) is 0 Å². The topological polar surface area (TPSA) is 98.5 Å². The first-order valence-corrected chi connectivity index (χ1v) is 8.16. The van der Waals surface area contributed by atoms with E-state index < -0.39 is 22.9 Å². The summed E-state index contributed by atoms with van der Waals surface area (Å²) < 4.78 is 5.10. The second-order valence-corrected chi connectivity index (χ2v) is 6.33. The zero-order valence-electron chi connectivity index (χ0n) is 13.8. The molecule has 136 valence electrons. The normalized spacial score (nSPS) is 11.5. The van der Waals surface area contributed by atoms with Gasteiger partial charge in [0.15, 0.2) is 6.10 Å². The zero-order valence-corrected chi connectivity index (χ0v) is 15.3. The highest BCUT2D eigenvalue weighted by Gasteiger charge is 2.21. The van der Waals surface area contributed by atoms with Gasteiger partial charge in [-0.25, -0.2) is 4.79 Å². The number of hydrogen-bond acceptors (Lipinski definition) is 5. The van der Waals surface area contributed by atoms with Gasteiger partial charge in [-0.05, 0) is 44.2 Å². The Balaban J connectivity index is 2.05. The Bertz CT molecular complexity index is 865. The molecule has 7 nitrogen and oxygen atoms in total. The maximum absolute atomic E-state index is 12.1. The minimum Gasteiger partial charge on any atom is -0.449 e. The summed E-state index contributed by atoms with van der Waals surface area (Å²) in [6.45, 7) is 2.91. The fraction of sp³-hybridized carbons (Fsp3) is 0.176. The molecule has 0 aliphatic carbocycles. The number of rotatable bonds is 5. The zero-order chi connectivity index (χ0) is 19.4. The van der Waals surface area contributed by atoms with Gasteiger partial charge < -0.3 is 10.1 Å². The maximum Gasteiger partial charge on any atom is 0.338 e. The van der Waals surface area contributed by atoms with E-state index in [4.69, 9.17) is 27.9 Å². The van der Waals surface area contributed by atoms with Crippen LogP contribution in [0.3, 0.4) is 0 Å². The number of esters is 1. The van der Waals surface area contributed by atoms with Crippen molar-refractivity contribution in [3.05, 3.63) is 67.7 Å². The van der Waals surface area contributed by atoms with Crippen molar-refractivity contribution >= 4 is 46.5 Å². The fourth-order valence-corrected chi connectivity index (χ4v) is 2.67. The highest BCUT2D eigenvalue weighted by Crippen LogP contribution is 2.23. The molecular formula is C17H14Cl2N2O5. The number of aryl methyl sites for hydroxylation is 1. The van der Waals surface area contributed by atoms with Crippen molar-refractivity contribution in [1.29, 1.82) is 0 Å². The van der Waals surface area contributed by atoms with E-state index in [0.29, 0.717) is 21.3 Å². The Morgan fingerprint density at radius 1 is 1.15 bits per heavy atom. The van der Waals surface area contributed by atoms with Gasteiger partial charge in [-0.2, -0.15) is 0 Å². The van der Waals surface area contributed by atoms with Crippen LogP contribution in [-0.4, -0.2) is 22.9 Å². The van der Waals surface area contributed by atoms with Crippen LogP contribution in [0.4, 0.5) is 11.4 Å². The van der Waals surface area contributed by atoms with E-state index in [9.17, 15) is 19.7 Å². The van der Waals surface area contributed by atoms with E-state index in [1.165, 1.54) is 50.2 Å². The summed E-state index contributed by atoms with van der Waals surface area (Å²) in [5.41, 5.74) is 0.681. The molecule has 0 aromatic heterocycles. The van der Waals surface area contributed by atoms with Crippen molar-refractivity contribution < 1.29 is 19.2 Å². The molecule has 0 aliphatic rings. The largest absolute Gasteiger partial charge is 0.449 e. The van der Waals surface area contributed by atoms with Gasteiger partial charge in [0.1, 0.15) is 0 Å². The van der Waals surface area contributed by atoms with Gasteiger partial charge >= 0.3 is 5.97 Å². The molecule has 1 amide bonds. The van der Waals surface area contributed by atoms with Crippen molar-refractivity contribution in [3.8, 4) is 0 Å². The highest BCUT2D eigenvalue weighted by molar-refractivity contribution is 6.35. The van der Waals surface area contributed by atoms with Crippen LogP contribution in [0.15, 0.2) is 36.4 Å². The lowest BCUT2D eigenvalue weighted by atomic mass is 10.1. The molecule has 0 fully saturated rings. The van der Waals surface area contributed by atoms with Crippen LogP contribution in [0.25, 0.3) is 0 Å². The van der Waals surface area contributed by atoms with Crippen molar-refractivity contribution in [2.24, 2.45) is 0 Å². The lowest BCUT2D eigenvalue weighted by Crippen LogP contribution is -2.30. The molecule has 9 heteroatoms. The smallest absolute Gasteiger partial charge is 0.338 e. The number of carbonyl (C=O) groups is 2. The molecular weight excluding hydrogens is 383 g/mol. The number of carbonyl (C=O) groups excluding carboxylic acids is 2. The van der Waals surface area contributed by atoms with Crippen molar-refractivity contribution in [1.82, 2.24) is 0 Å². The third-order valence-corrected chi connectivity index (χ3v) is 3.85. The number of benzene rings is 2. The molecule has 1 atom stereocenters. The second kappa shape index (κ2) is 8.16. The molecule has 0 radical (unpaired) electrons. The predicted molar refractivity (Wildman–Crippen MR) is 97.8 cm³/mol. The molecule has 2 aromatic rings. The minimum atomic E-state index is -1.10. The van der Waals surface area contributed by atoms with Crippen LogP contribution < -0.4 is 5.32 Å². The van der Waals surface area contributed by atoms with E-state index >= 15 is 0 Å². The molecule has 0 saturated carbocycles. The third-order valence-electron chi connectivity index (χ3n) is 3.41. The van der Waals surface area contributed by atoms with Crippen LogP contribution in [-0.2, 0) is 9.53 Å². The third kappa shape index (κ3) is 4.93. The summed E-state index contributed by atoms with van der Waals surface area (Å²) >= 11 is 11.7. The minimum absolute atomic E-state index is 0.106. The van der Waals surface area contributed by atoms with Gasteiger partial charge in [0, 0.05) is 27.4 Å². The Morgan fingerprint density at radius 3 is 2.31 bits per heavy atom. The SMILES string of the molecule is Cc1cc(C(=O)O[C@@H](C)C(=O)Nc2cc(Cl)cc(Cl)c2)ccc1[N+](=O)[O-]. The van der Waals surface area contributed by atoms with Gasteiger partial charge in [-0.15, -0.1) is 0 Å².